The SMILES string of the molecule is Cc1cc2nc(-c3ccc(CN4CCC(c5nc6ccccc6[nH]5)CC4)cc3)c(-c3ccccc3)nc2cc1C(N)=O. The Labute approximate surface area is 244 Å². The molecule has 0 spiro atoms. The number of benzene rings is 4. The number of imidazole rings is 1. The summed E-state index contributed by atoms with van der Waals surface area (Å²) in [6, 6.07) is 30.6. The lowest BCUT2D eigenvalue weighted by Crippen LogP contribution is -2.32. The van der Waals surface area contributed by atoms with Crippen molar-refractivity contribution in [3.63, 3.8) is 0 Å². The number of aromatic nitrogens is 4. The summed E-state index contributed by atoms with van der Waals surface area (Å²) in [5.74, 6) is 1.13. The highest BCUT2D eigenvalue weighted by Gasteiger charge is 2.23. The monoisotopic (exact) mass is 552 g/mol. The molecule has 6 aromatic rings. The number of aryl methyl sites for hydroxylation is 1. The second kappa shape index (κ2) is 10.8. The number of para-hydroxylation sites is 2. The number of aromatic amines is 1. The van der Waals surface area contributed by atoms with Crippen LogP contribution in [0.25, 0.3) is 44.6 Å². The highest BCUT2D eigenvalue weighted by Crippen LogP contribution is 2.33. The largest absolute Gasteiger partial charge is 0.366 e. The molecule has 208 valence electrons. The van der Waals surface area contributed by atoms with Crippen molar-refractivity contribution in [3.05, 3.63) is 114 Å². The lowest BCUT2D eigenvalue weighted by atomic mass is 9.95. The van der Waals surface area contributed by atoms with Crippen LogP contribution >= 0.6 is 0 Å². The van der Waals surface area contributed by atoms with Crippen LogP contribution in [0.5, 0.6) is 0 Å². The molecule has 1 saturated heterocycles. The van der Waals surface area contributed by atoms with Crippen LogP contribution in [0, 0.1) is 6.92 Å². The average Bonchev–Trinajstić information content (AvgIpc) is 3.46. The number of rotatable bonds is 6. The third-order valence-electron chi connectivity index (χ3n) is 8.34. The van der Waals surface area contributed by atoms with Gasteiger partial charge in [-0.25, -0.2) is 15.0 Å². The third-order valence-corrected chi connectivity index (χ3v) is 8.34. The van der Waals surface area contributed by atoms with Crippen LogP contribution in [-0.2, 0) is 6.54 Å². The van der Waals surface area contributed by atoms with Crippen molar-refractivity contribution in [1.82, 2.24) is 24.8 Å². The second-order valence-electron chi connectivity index (χ2n) is 11.2. The van der Waals surface area contributed by atoms with Crippen molar-refractivity contribution in [2.24, 2.45) is 5.73 Å². The van der Waals surface area contributed by atoms with Gasteiger partial charge in [0.15, 0.2) is 0 Å². The first-order valence-corrected chi connectivity index (χ1v) is 14.5. The highest BCUT2D eigenvalue weighted by molar-refractivity contribution is 5.98. The van der Waals surface area contributed by atoms with Crippen LogP contribution in [0.2, 0.25) is 0 Å². The third kappa shape index (κ3) is 5.03. The predicted octanol–water partition coefficient (Wildman–Crippen LogP) is 6.63. The van der Waals surface area contributed by atoms with Crippen molar-refractivity contribution in [1.29, 1.82) is 0 Å². The molecule has 0 bridgehead atoms. The molecule has 3 N–H and O–H groups in total. The fourth-order valence-corrected chi connectivity index (χ4v) is 6.03. The maximum absolute atomic E-state index is 12.0. The van der Waals surface area contributed by atoms with Crippen molar-refractivity contribution in [3.8, 4) is 22.5 Å². The highest BCUT2D eigenvalue weighted by atomic mass is 16.1. The fourth-order valence-electron chi connectivity index (χ4n) is 6.03. The van der Waals surface area contributed by atoms with Gasteiger partial charge in [-0.05, 0) is 68.2 Å². The Hall–Kier alpha value is -4.88. The van der Waals surface area contributed by atoms with E-state index in [0.717, 1.165) is 82.9 Å². The Morgan fingerprint density at radius 1 is 0.810 bits per heavy atom. The van der Waals surface area contributed by atoms with Crippen LogP contribution < -0.4 is 5.73 Å². The molecular formula is C35H32N6O. The fraction of sp³-hybridized carbons (Fsp3) is 0.200. The molecule has 3 heterocycles. The van der Waals surface area contributed by atoms with Gasteiger partial charge in [-0.1, -0.05) is 66.7 Å². The first-order chi connectivity index (χ1) is 20.5. The van der Waals surface area contributed by atoms with Gasteiger partial charge in [0.05, 0.1) is 33.5 Å². The Bertz CT molecular complexity index is 1870. The lowest BCUT2D eigenvalue weighted by molar-refractivity contribution is 0.1000. The number of piperidine rings is 1. The summed E-state index contributed by atoms with van der Waals surface area (Å²) in [6.07, 6.45) is 2.20. The summed E-state index contributed by atoms with van der Waals surface area (Å²) >= 11 is 0. The van der Waals surface area contributed by atoms with Crippen molar-refractivity contribution < 1.29 is 4.79 Å². The van der Waals surface area contributed by atoms with E-state index in [1.165, 1.54) is 5.56 Å². The van der Waals surface area contributed by atoms with Gasteiger partial charge in [0, 0.05) is 29.2 Å². The van der Waals surface area contributed by atoms with Crippen molar-refractivity contribution in [2.45, 2.75) is 32.2 Å². The number of nitrogens with two attached hydrogens (primary N) is 1. The van der Waals surface area contributed by atoms with Crippen LogP contribution in [0.1, 0.15) is 46.1 Å². The minimum atomic E-state index is -0.462. The minimum absolute atomic E-state index is 0.462. The van der Waals surface area contributed by atoms with Gasteiger partial charge in [-0.15, -0.1) is 0 Å². The molecule has 7 nitrogen and oxygen atoms in total. The molecule has 7 heteroatoms. The van der Waals surface area contributed by atoms with Gasteiger partial charge < -0.3 is 10.7 Å². The predicted molar refractivity (Wildman–Crippen MR) is 167 cm³/mol. The number of carbonyl (C=O) groups is 1. The van der Waals surface area contributed by atoms with E-state index in [9.17, 15) is 4.79 Å². The summed E-state index contributed by atoms with van der Waals surface area (Å²) < 4.78 is 0. The number of H-pyrrole nitrogens is 1. The van der Waals surface area contributed by atoms with Gasteiger partial charge in [0.1, 0.15) is 5.82 Å². The second-order valence-corrected chi connectivity index (χ2v) is 11.2. The summed E-state index contributed by atoms with van der Waals surface area (Å²) in [5.41, 5.74) is 15.3. The molecule has 0 unspecified atom stereocenters. The van der Waals surface area contributed by atoms with Crippen LogP contribution in [0.3, 0.4) is 0 Å². The van der Waals surface area contributed by atoms with Gasteiger partial charge in [0.2, 0.25) is 5.91 Å². The standard InChI is InChI=1S/C35H32N6O/c1-22-19-30-31(20-27(22)34(36)42)38-32(24-7-3-2-4-8-24)33(37-30)25-13-11-23(12-14-25)21-41-17-15-26(16-18-41)35-39-28-9-5-6-10-29(28)40-35/h2-14,19-20,26H,15-18,21H2,1H3,(H2,36,42)(H,39,40). The molecule has 4 aromatic carbocycles. The van der Waals surface area contributed by atoms with Gasteiger partial charge in [-0.3, -0.25) is 9.69 Å². The van der Waals surface area contributed by atoms with Gasteiger partial charge in [0.25, 0.3) is 0 Å². The van der Waals surface area contributed by atoms with Crippen LogP contribution in [0.4, 0.5) is 0 Å². The normalized spacial score (nSPS) is 14.5. The zero-order chi connectivity index (χ0) is 28.6. The molecule has 1 aliphatic heterocycles. The molecule has 1 fully saturated rings. The van der Waals surface area contributed by atoms with Gasteiger partial charge >= 0.3 is 0 Å². The Morgan fingerprint density at radius 2 is 1.45 bits per heavy atom. The molecular weight excluding hydrogens is 520 g/mol. The smallest absolute Gasteiger partial charge is 0.249 e. The number of nitrogens with zero attached hydrogens (tertiary/aromatic N) is 4. The molecule has 42 heavy (non-hydrogen) atoms. The molecule has 0 saturated carbocycles. The zero-order valence-electron chi connectivity index (χ0n) is 23.5. The number of likely N-dealkylation sites (tertiary alicyclic amines) is 1. The lowest BCUT2D eigenvalue weighted by Gasteiger charge is -2.31. The van der Waals surface area contributed by atoms with Gasteiger partial charge in [-0.2, -0.15) is 0 Å². The summed E-state index contributed by atoms with van der Waals surface area (Å²) in [4.78, 5) is 32.9. The Kier molecular flexibility index (Phi) is 6.72. The number of hydrogen-bond acceptors (Lipinski definition) is 5. The summed E-state index contributed by atoms with van der Waals surface area (Å²) in [5, 5.41) is 0. The first kappa shape index (κ1) is 26.0. The van der Waals surface area contributed by atoms with E-state index in [2.05, 4.69) is 52.3 Å². The number of carbonyl (C=O) groups excluding carboxylic acids is 1. The quantitative estimate of drug-likeness (QED) is 0.242. The van der Waals surface area contributed by atoms with E-state index in [-0.39, 0.29) is 0 Å². The van der Waals surface area contributed by atoms with E-state index in [0.29, 0.717) is 17.0 Å². The number of hydrogen-bond donors (Lipinski definition) is 2. The molecule has 0 radical (unpaired) electrons. The molecule has 7 rings (SSSR count). The maximum Gasteiger partial charge on any atom is 0.249 e. The molecule has 2 aromatic heterocycles. The summed E-state index contributed by atoms with van der Waals surface area (Å²) in [6.45, 7) is 4.88. The molecule has 0 aliphatic carbocycles. The van der Waals surface area contributed by atoms with Crippen LogP contribution in [0.15, 0.2) is 91.0 Å². The number of primary amides is 1. The minimum Gasteiger partial charge on any atom is -0.366 e. The first-order valence-electron chi connectivity index (χ1n) is 14.5. The molecule has 1 amide bonds. The van der Waals surface area contributed by atoms with Crippen molar-refractivity contribution >= 4 is 28.0 Å². The Balaban J connectivity index is 1.12. The van der Waals surface area contributed by atoms with E-state index in [4.69, 9.17) is 20.7 Å². The van der Waals surface area contributed by atoms with Crippen molar-refractivity contribution in [2.75, 3.05) is 13.1 Å². The van der Waals surface area contributed by atoms with E-state index in [1.807, 2.05) is 49.4 Å². The number of nitrogens with one attached hydrogen (secondary N) is 1. The Morgan fingerprint density at radius 3 is 2.14 bits per heavy atom. The summed E-state index contributed by atoms with van der Waals surface area (Å²) in [7, 11) is 0. The maximum atomic E-state index is 12.0. The number of fused-ring (bicyclic) bond motifs is 2. The molecule has 1 aliphatic rings. The van der Waals surface area contributed by atoms with Crippen LogP contribution in [-0.4, -0.2) is 43.8 Å². The number of amides is 1. The van der Waals surface area contributed by atoms with E-state index in [1.54, 1.807) is 6.07 Å². The topological polar surface area (TPSA) is 101 Å². The average molecular weight is 553 g/mol. The van der Waals surface area contributed by atoms with E-state index < -0.39 is 5.91 Å². The molecule has 0 atom stereocenters. The van der Waals surface area contributed by atoms with E-state index >= 15 is 0 Å². The zero-order valence-corrected chi connectivity index (χ0v) is 23.5.